The van der Waals surface area contributed by atoms with Crippen molar-refractivity contribution >= 4 is 25.0 Å². The first-order valence-corrected chi connectivity index (χ1v) is 12.4. The largest absolute Gasteiger partial charge is 0.457 e. The maximum atomic E-state index is 14.6. The summed E-state index contributed by atoms with van der Waals surface area (Å²) in [6, 6.07) is 32.9. The molecule has 6 heteroatoms. The third-order valence-electron chi connectivity index (χ3n) is 5.20. The van der Waals surface area contributed by atoms with Gasteiger partial charge in [-0.25, -0.2) is 4.57 Å². The highest BCUT2D eigenvalue weighted by atomic mass is 35.5. The molecule has 1 aliphatic rings. The maximum absolute atomic E-state index is 14.6. The first-order chi connectivity index (χ1) is 16.1. The molecule has 0 fully saturated rings. The molecule has 0 saturated carbocycles. The summed E-state index contributed by atoms with van der Waals surface area (Å²) in [5, 5.41) is 0.532. The fraction of sp³-hybridized carbons (Fsp3) is 0.0370. The van der Waals surface area contributed by atoms with E-state index in [9.17, 15) is 4.57 Å². The lowest BCUT2D eigenvalue weighted by atomic mass is 10.0. The number of hydrogen-bond acceptors (Lipinski definition) is 4. The van der Waals surface area contributed by atoms with E-state index in [2.05, 4.69) is 0 Å². The van der Waals surface area contributed by atoms with Crippen LogP contribution in [0.1, 0.15) is 16.8 Å². The molecule has 4 aromatic carbocycles. The minimum atomic E-state index is -3.84. The minimum Gasteiger partial charge on any atom is -0.457 e. The lowest BCUT2D eigenvalue weighted by Crippen LogP contribution is -2.15. The summed E-state index contributed by atoms with van der Waals surface area (Å²) in [6.45, 7) is 0. The summed E-state index contributed by atoms with van der Waals surface area (Å²) in [5.41, 5.74) is 0.683. The van der Waals surface area contributed by atoms with Gasteiger partial charge in [-0.2, -0.15) is 0 Å². The number of rotatable bonds is 6. The molecule has 0 spiro atoms. The molecule has 0 aliphatic carbocycles. The van der Waals surface area contributed by atoms with Gasteiger partial charge in [-0.05, 0) is 48.5 Å². The van der Waals surface area contributed by atoms with Gasteiger partial charge in [0.15, 0.2) is 0 Å². The number of allylic oxidation sites excluding steroid dienone is 1. The van der Waals surface area contributed by atoms with E-state index in [1.165, 1.54) is 0 Å². The summed E-state index contributed by atoms with van der Waals surface area (Å²) in [5.74, 6) is 1.98. The van der Waals surface area contributed by atoms with Gasteiger partial charge in [0.25, 0.3) is 0 Å². The second-order valence-electron chi connectivity index (χ2n) is 7.44. The lowest BCUT2D eigenvalue weighted by molar-refractivity contribution is 0.375. The molecule has 1 aliphatic heterocycles. The van der Waals surface area contributed by atoms with Crippen molar-refractivity contribution in [2.45, 2.75) is 5.66 Å². The third kappa shape index (κ3) is 4.54. The molecule has 1 atom stereocenters. The van der Waals surface area contributed by atoms with Crippen LogP contribution in [0.15, 0.2) is 115 Å². The van der Waals surface area contributed by atoms with E-state index in [4.69, 9.17) is 25.4 Å². The third-order valence-corrected chi connectivity index (χ3v) is 7.57. The molecular formula is C27H20ClO4P. The molecule has 0 N–H and O–H groups in total. The number of halogens is 1. The van der Waals surface area contributed by atoms with Crippen molar-refractivity contribution in [3.63, 3.8) is 0 Å². The second kappa shape index (κ2) is 9.19. The number of benzene rings is 4. The lowest BCUT2D eigenvalue weighted by Gasteiger charge is -2.30. The molecule has 33 heavy (non-hydrogen) atoms. The van der Waals surface area contributed by atoms with Gasteiger partial charge in [0.2, 0.25) is 0 Å². The molecule has 1 heterocycles. The summed E-state index contributed by atoms with van der Waals surface area (Å²) in [4.78, 5) is 0. The van der Waals surface area contributed by atoms with Gasteiger partial charge in [-0.3, -0.25) is 0 Å². The van der Waals surface area contributed by atoms with E-state index in [-0.39, 0.29) is 0 Å². The predicted molar refractivity (Wildman–Crippen MR) is 131 cm³/mol. The van der Waals surface area contributed by atoms with E-state index in [1.54, 1.807) is 36.4 Å². The Hall–Kier alpha value is -3.46. The molecule has 0 aromatic heterocycles. The first kappa shape index (κ1) is 21.4. The van der Waals surface area contributed by atoms with Crippen LogP contribution in [-0.4, -0.2) is 0 Å². The molecule has 4 aromatic rings. The van der Waals surface area contributed by atoms with Crippen LogP contribution >= 0.6 is 19.2 Å². The van der Waals surface area contributed by atoms with Crippen molar-refractivity contribution in [1.82, 2.24) is 0 Å². The zero-order chi connectivity index (χ0) is 22.7. The zero-order valence-electron chi connectivity index (χ0n) is 17.5. The molecule has 0 bridgehead atoms. The van der Waals surface area contributed by atoms with Crippen molar-refractivity contribution < 1.29 is 18.3 Å². The molecule has 5 rings (SSSR count). The Balaban J connectivity index is 1.66. The minimum absolute atomic E-state index is 0.452. The molecule has 0 saturated heterocycles. The number of hydrogen-bond donors (Lipinski definition) is 0. The van der Waals surface area contributed by atoms with E-state index in [1.807, 2.05) is 78.9 Å². The molecule has 4 nitrogen and oxygen atoms in total. The van der Waals surface area contributed by atoms with Crippen LogP contribution in [0.5, 0.6) is 17.2 Å². The summed E-state index contributed by atoms with van der Waals surface area (Å²) >= 11 is 6.45. The van der Waals surface area contributed by atoms with Crippen molar-refractivity contribution in [3.05, 3.63) is 131 Å². The SMILES string of the molecule is O=P(Oc1ccccc1)(Oc1ccccc1)C1C=C(c2ccccc2Cl)Oc2ccccc21. The Kier molecular flexibility index (Phi) is 5.95. The van der Waals surface area contributed by atoms with E-state index in [0.29, 0.717) is 39.2 Å². The molecule has 0 radical (unpaired) electrons. The Morgan fingerprint density at radius 2 is 1.24 bits per heavy atom. The maximum Gasteiger partial charge on any atom is 0.442 e. The van der Waals surface area contributed by atoms with Gasteiger partial charge in [0.05, 0.1) is 5.02 Å². The molecule has 1 unspecified atom stereocenters. The average molecular weight is 475 g/mol. The quantitative estimate of drug-likeness (QED) is 0.264. The standard InChI is InChI=1S/C27H20ClO4P/c28-24-17-9-7-15-22(24)26-19-27(23-16-8-10-18-25(23)30-26)33(29,31-20-11-3-1-4-12-20)32-21-13-5-2-6-14-21/h1-19,27H. The van der Waals surface area contributed by atoms with Crippen molar-refractivity contribution in [3.8, 4) is 17.2 Å². The number of fused-ring (bicyclic) bond motifs is 1. The molecule has 164 valence electrons. The van der Waals surface area contributed by atoms with Crippen LogP contribution in [0.2, 0.25) is 5.02 Å². The Morgan fingerprint density at radius 3 is 1.88 bits per heavy atom. The van der Waals surface area contributed by atoms with Crippen molar-refractivity contribution in [2.24, 2.45) is 0 Å². The second-order valence-corrected chi connectivity index (χ2v) is 9.85. The fourth-order valence-electron chi connectivity index (χ4n) is 3.66. The summed E-state index contributed by atoms with van der Waals surface area (Å²) in [7, 11) is -3.84. The van der Waals surface area contributed by atoms with E-state index in [0.717, 1.165) is 0 Å². The van der Waals surface area contributed by atoms with Crippen molar-refractivity contribution in [1.29, 1.82) is 0 Å². The Bertz CT molecular complexity index is 1290. The van der Waals surface area contributed by atoms with Gasteiger partial charge in [-0.15, -0.1) is 0 Å². The highest BCUT2D eigenvalue weighted by molar-refractivity contribution is 7.55. The fourth-order valence-corrected chi connectivity index (χ4v) is 5.86. The topological polar surface area (TPSA) is 44.8 Å². The van der Waals surface area contributed by atoms with Crippen LogP contribution in [0.3, 0.4) is 0 Å². The van der Waals surface area contributed by atoms with Gasteiger partial charge >= 0.3 is 7.60 Å². The van der Waals surface area contributed by atoms with Crippen molar-refractivity contribution in [2.75, 3.05) is 0 Å². The van der Waals surface area contributed by atoms with Crippen LogP contribution in [-0.2, 0) is 4.57 Å². The normalized spacial score (nSPS) is 15.1. The monoisotopic (exact) mass is 474 g/mol. The highest BCUT2D eigenvalue weighted by Crippen LogP contribution is 2.63. The van der Waals surface area contributed by atoms with Crippen LogP contribution < -0.4 is 13.8 Å². The van der Waals surface area contributed by atoms with Crippen LogP contribution in [0.25, 0.3) is 5.76 Å². The first-order valence-electron chi connectivity index (χ1n) is 10.4. The average Bonchev–Trinajstić information content (AvgIpc) is 2.85. The smallest absolute Gasteiger partial charge is 0.442 e. The Labute approximate surface area is 197 Å². The Morgan fingerprint density at radius 1 is 0.697 bits per heavy atom. The zero-order valence-corrected chi connectivity index (χ0v) is 19.2. The predicted octanol–water partition coefficient (Wildman–Crippen LogP) is 8.17. The van der Waals surface area contributed by atoms with Gasteiger partial charge < -0.3 is 13.8 Å². The van der Waals surface area contributed by atoms with Gasteiger partial charge in [0, 0.05) is 11.1 Å². The van der Waals surface area contributed by atoms with Crippen LogP contribution in [0, 0.1) is 0 Å². The number of para-hydroxylation sites is 3. The van der Waals surface area contributed by atoms with Gasteiger partial charge in [-0.1, -0.05) is 78.3 Å². The molecule has 0 amide bonds. The van der Waals surface area contributed by atoms with E-state index < -0.39 is 13.3 Å². The van der Waals surface area contributed by atoms with Gasteiger partial charge in [0.1, 0.15) is 28.7 Å². The highest BCUT2D eigenvalue weighted by Gasteiger charge is 2.43. The summed E-state index contributed by atoms with van der Waals surface area (Å²) < 4.78 is 33.0. The van der Waals surface area contributed by atoms with E-state index >= 15 is 0 Å². The van der Waals surface area contributed by atoms with Crippen LogP contribution in [0.4, 0.5) is 0 Å². The number of ether oxygens (including phenoxy) is 1. The summed E-state index contributed by atoms with van der Waals surface area (Å²) in [6.07, 6.45) is 1.77. The molecular weight excluding hydrogens is 455 g/mol.